The van der Waals surface area contributed by atoms with Gasteiger partial charge in [-0.05, 0) is 17.7 Å². The van der Waals surface area contributed by atoms with Gasteiger partial charge in [0.05, 0.1) is 13.5 Å². The summed E-state index contributed by atoms with van der Waals surface area (Å²) in [4.78, 5) is 11.0. The molecule has 0 aliphatic heterocycles. The second kappa shape index (κ2) is 5.31. The molecule has 0 atom stereocenters. The van der Waals surface area contributed by atoms with Crippen LogP contribution in [0.5, 0.6) is 5.75 Å². The lowest BCUT2D eigenvalue weighted by Gasteiger charge is -2.11. The first kappa shape index (κ1) is 13.7. The number of carbonyl (C=O) groups is 1. The van der Waals surface area contributed by atoms with E-state index in [0.29, 0.717) is 5.56 Å². The van der Waals surface area contributed by atoms with Gasteiger partial charge in [0.2, 0.25) is 0 Å². The first-order valence-corrected chi connectivity index (χ1v) is 4.91. The van der Waals surface area contributed by atoms with Crippen molar-refractivity contribution < 1.29 is 27.4 Å². The lowest BCUT2D eigenvalue weighted by Crippen LogP contribution is -2.17. The van der Waals surface area contributed by atoms with Crippen LogP contribution in [-0.4, -0.2) is 19.4 Å². The molecule has 0 saturated heterocycles. The van der Waals surface area contributed by atoms with Crippen molar-refractivity contribution in [3.05, 3.63) is 23.8 Å². The second-order valence-electron chi connectivity index (χ2n) is 3.10. The van der Waals surface area contributed by atoms with Gasteiger partial charge in [-0.2, -0.15) is 0 Å². The monoisotopic (exact) mass is 266 g/mol. The van der Waals surface area contributed by atoms with Crippen LogP contribution in [0, 0.1) is 0 Å². The number of esters is 1. The van der Waals surface area contributed by atoms with Gasteiger partial charge < -0.3 is 9.47 Å². The van der Waals surface area contributed by atoms with Crippen LogP contribution in [0.1, 0.15) is 5.56 Å². The maximum atomic E-state index is 12.0. The zero-order chi connectivity index (χ0) is 13.1. The fourth-order valence-corrected chi connectivity index (χ4v) is 1.41. The van der Waals surface area contributed by atoms with Gasteiger partial charge in [-0.3, -0.25) is 4.79 Å². The summed E-state index contributed by atoms with van der Waals surface area (Å²) in [6.45, 7) is 0. The summed E-state index contributed by atoms with van der Waals surface area (Å²) >= 11 is 3.85. The molecule has 0 bridgehead atoms. The third-order valence-corrected chi connectivity index (χ3v) is 2.17. The van der Waals surface area contributed by atoms with Crippen LogP contribution in [0.4, 0.5) is 13.2 Å². The number of hydrogen-bond donors (Lipinski definition) is 1. The van der Waals surface area contributed by atoms with Crippen LogP contribution >= 0.6 is 12.6 Å². The third kappa shape index (κ3) is 4.56. The van der Waals surface area contributed by atoms with E-state index in [1.54, 1.807) is 0 Å². The summed E-state index contributed by atoms with van der Waals surface area (Å²) in [7, 11) is 1.23. The highest BCUT2D eigenvalue weighted by molar-refractivity contribution is 7.80. The van der Waals surface area contributed by atoms with Gasteiger partial charge in [-0.25, -0.2) is 0 Å². The van der Waals surface area contributed by atoms with Crippen molar-refractivity contribution in [1.29, 1.82) is 0 Å². The maximum Gasteiger partial charge on any atom is 0.573 e. The highest BCUT2D eigenvalue weighted by Crippen LogP contribution is 2.29. The summed E-state index contributed by atoms with van der Waals surface area (Å²) < 4.78 is 44.0. The number of alkyl halides is 3. The van der Waals surface area contributed by atoms with E-state index in [-0.39, 0.29) is 11.3 Å². The highest BCUT2D eigenvalue weighted by Gasteiger charge is 2.31. The van der Waals surface area contributed by atoms with Crippen LogP contribution in [0.2, 0.25) is 0 Å². The Morgan fingerprint density at radius 3 is 2.53 bits per heavy atom. The third-order valence-electron chi connectivity index (χ3n) is 1.83. The molecule has 3 nitrogen and oxygen atoms in total. The van der Waals surface area contributed by atoms with E-state index in [2.05, 4.69) is 22.1 Å². The van der Waals surface area contributed by atoms with Gasteiger partial charge in [-0.15, -0.1) is 25.8 Å². The Balaban J connectivity index is 2.83. The molecule has 0 fully saturated rings. The molecule has 0 aliphatic carbocycles. The number of methoxy groups -OCH3 is 1. The summed E-state index contributed by atoms with van der Waals surface area (Å²) in [5.41, 5.74) is 0.497. The minimum Gasteiger partial charge on any atom is -0.469 e. The number of carbonyl (C=O) groups excluding carboxylic acids is 1. The van der Waals surface area contributed by atoms with Gasteiger partial charge in [0.1, 0.15) is 5.75 Å². The lowest BCUT2D eigenvalue weighted by molar-refractivity contribution is -0.275. The van der Waals surface area contributed by atoms with Crippen molar-refractivity contribution in [2.75, 3.05) is 7.11 Å². The SMILES string of the molecule is COC(=O)Cc1ccc(OC(F)(F)F)c(S)c1. The number of thiol groups is 1. The van der Waals surface area contributed by atoms with Crippen molar-refractivity contribution in [1.82, 2.24) is 0 Å². The molecule has 0 radical (unpaired) electrons. The van der Waals surface area contributed by atoms with E-state index in [9.17, 15) is 18.0 Å². The van der Waals surface area contributed by atoms with E-state index in [1.807, 2.05) is 0 Å². The molecule has 0 unspecified atom stereocenters. The molecule has 1 aromatic rings. The molecule has 0 N–H and O–H groups in total. The van der Waals surface area contributed by atoms with Gasteiger partial charge >= 0.3 is 12.3 Å². The van der Waals surface area contributed by atoms with Crippen LogP contribution < -0.4 is 4.74 Å². The Morgan fingerprint density at radius 1 is 1.41 bits per heavy atom. The molecular weight excluding hydrogens is 257 g/mol. The van der Waals surface area contributed by atoms with Gasteiger partial charge in [0.15, 0.2) is 0 Å². The molecule has 7 heteroatoms. The van der Waals surface area contributed by atoms with Crippen molar-refractivity contribution in [3.8, 4) is 5.75 Å². The minimum absolute atomic E-state index is 0.00345. The van der Waals surface area contributed by atoms with E-state index < -0.39 is 18.1 Å². The molecule has 17 heavy (non-hydrogen) atoms. The molecule has 1 rings (SSSR count). The van der Waals surface area contributed by atoms with Crippen molar-refractivity contribution >= 4 is 18.6 Å². The molecule has 0 amide bonds. The normalized spacial score (nSPS) is 11.1. The second-order valence-corrected chi connectivity index (χ2v) is 3.58. The predicted molar refractivity (Wildman–Crippen MR) is 56.1 cm³/mol. The summed E-state index contributed by atoms with van der Waals surface area (Å²) in [5.74, 6) is -0.892. The number of hydrogen-bond acceptors (Lipinski definition) is 4. The molecular formula is C10H9F3O3S. The molecule has 0 aromatic heterocycles. The number of benzene rings is 1. The van der Waals surface area contributed by atoms with Crippen LogP contribution in [-0.2, 0) is 16.0 Å². The van der Waals surface area contributed by atoms with Gasteiger partial charge in [0.25, 0.3) is 0 Å². The number of rotatable bonds is 3. The Labute approximate surface area is 101 Å². The summed E-state index contributed by atoms with van der Waals surface area (Å²) in [6.07, 6.45) is -4.79. The van der Waals surface area contributed by atoms with E-state index in [1.165, 1.54) is 19.2 Å². The summed E-state index contributed by atoms with van der Waals surface area (Å²) in [6, 6.07) is 3.77. The Hall–Kier alpha value is -1.37. The number of ether oxygens (including phenoxy) is 2. The minimum atomic E-state index is -4.76. The van der Waals surface area contributed by atoms with Crippen LogP contribution in [0.15, 0.2) is 23.1 Å². The number of halogens is 3. The molecule has 0 spiro atoms. The van der Waals surface area contributed by atoms with Crippen LogP contribution in [0.25, 0.3) is 0 Å². The molecule has 0 saturated carbocycles. The Kier molecular flexibility index (Phi) is 4.28. The quantitative estimate of drug-likeness (QED) is 0.674. The molecule has 1 aromatic carbocycles. The standard InChI is InChI=1S/C10H9F3O3S/c1-15-9(14)5-6-2-3-7(8(17)4-6)16-10(11,12)13/h2-4,17H,5H2,1H3. The molecule has 0 aliphatic rings. The summed E-state index contributed by atoms with van der Waals surface area (Å²) in [5, 5.41) is 0. The van der Waals surface area contributed by atoms with Crippen molar-refractivity contribution in [3.63, 3.8) is 0 Å². The van der Waals surface area contributed by atoms with Gasteiger partial charge in [0, 0.05) is 4.90 Å². The fourth-order valence-electron chi connectivity index (χ4n) is 1.12. The maximum absolute atomic E-state index is 12.0. The first-order chi connectivity index (χ1) is 7.81. The van der Waals surface area contributed by atoms with E-state index >= 15 is 0 Å². The van der Waals surface area contributed by atoms with E-state index in [4.69, 9.17) is 0 Å². The zero-order valence-electron chi connectivity index (χ0n) is 8.75. The predicted octanol–water partition coefficient (Wildman–Crippen LogP) is 2.59. The van der Waals surface area contributed by atoms with Crippen molar-refractivity contribution in [2.24, 2.45) is 0 Å². The largest absolute Gasteiger partial charge is 0.573 e. The Morgan fingerprint density at radius 2 is 2.06 bits per heavy atom. The average Bonchev–Trinajstić information content (AvgIpc) is 2.20. The van der Waals surface area contributed by atoms with Gasteiger partial charge in [-0.1, -0.05) is 6.07 Å². The smallest absolute Gasteiger partial charge is 0.469 e. The lowest BCUT2D eigenvalue weighted by atomic mass is 10.1. The molecule has 94 valence electrons. The van der Waals surface area contributed by atoms with Crippen molar-refractivity contribution in [2.45, 2.75) is 17.7 Å². The topological polar surface area (TPSA) is 35.5 Å². The molecule has 0 heterocycles. The zero-order valence-corrected chi connectivity index (χ0v) is 9.64. The highest BCUT2D eigenvalue weighted by atomic mass is 32.1. The van der Waals surface area contributed by atoms with E-state index in [0.717, 1.165) is 6.07 Å². The van der Waals surface area contributed by atoms with Crippen LogP contribution in [0.3, 0.4) is 0 Å². The Bertz CT molecular complexity index is 418. The first-order valence-electron chi connectivity index (χ1n) is 4.46. The average molecular weight is 266 g/mol. The fraction of sp³-hybridized carbons (Fsp3) is 0.300.